The van der Waals surface area contributed by atoms with Crippen molar-refractivity contribution in [2.24, 2.45) is 0 Å². The first-order valence-electron chi connectivity index (χ1n) is 6.64. The van der Waals surface area contributed by atoms with Gasteiger partial charge in [0.15, 0.2) is 0 Å². The minimum absolute atomic E-state index is 0.0955. The molecule has 0 spiro atoms. The fraction of sp³-hybridized carbons (Fsp3) is 0.333. The highest BCUT2D eigenvalue weighted by atomic mass is 35.5. The molecule has 1 N–H and O–H groups in total. The molecule has 0 atom stereocenters. The number of nitrogens with zero attached hydrogens (tertiary/aromatic N) is 1. The van der Waals surface area contributed by atoms with Crippen LogP contribution in [0.4, 0.5) is 0 Å². The first-order valence-corrected chi connectivity index (χ1v) is 7.97. The molecule has 0 radical (unpaired) electrons. The van der Waals surface area contributed by atoms with Gasteiger partial charge in [0.1, 0.15) is 5.15 Å². The summed E-state index contributed by atoms with van der Waals surface area (Å²) in [5.41, 5.74) is 2.69. The summed E-state index contributed by atoms with van der Waals surface area (Å²) in [6, 6.07) is 5.50. The van der Waals surface area contributed by atoms with Crippen LogP contribution in [0.5, 0.6) is 0 Å². The lowest BCUT2D eigenvalue weighted by molar-refractivity contribution is 0.0954. The molecule has 2 aromatic rings. The minimum atomic E-state index is -0.0955. The average molecular weight is 309 g/mol. The van der Waals surface area contributed by atoms with E-state index in [0.29, 0.717) is 17.3 Å². The molecule has 0 aliphatic carbocycles. The molecule has 1 amide bonds. The second-order valence-corrected chi connectivity index (χ2v) is 5.72. The van der Waals surface area contributed by atoms with Gasteiger partial charge < -0.3 is 5.32 Å². The molecule has 5 heteroatoms. The summed E-state index contributed by atoms with van der Waals surface area (Å²) in [5, 5.41) is 7.42. The third kappa shape index (κ3) is 4.32. The van der Waals surface area contributed by atoms with E-state index >= 15 is 0 Å². The number of hydrogen-bond acceptors (Lipinski definition) is 3. The lowest BCUT2D eigenvalue weighted by Gasteiger charge is -2.07. The zero-order valence-electron chi connectivity index (χ0n) is 11.4. The number of hydrogen-bond donors (Lipinski definition) is 1. The van der Waals surface area contributed by atoms with Crippen LogP contribution in [0.25, 0.3) is 0 Å². The standard InChI is InChI=1S/C15H17ClN2OS/c1-2-3-13-8-12(9-14(16)18-13)15(19)17-6-4-11-5-7-20-10-11/h5,7-10H,2-4,6H2,1H3,(H,17,19). The van der Waals surface area contributed by atoms with Gasteiger partial charge in [-0.2, -0.15) is 11.3 Å². The van der Waals surface area contributed by atoms with Gasteiger partial charge in [0, 0.05) is 17.8 Å². The lowest BCUT2D eigenvalue weighted by Crippen LogP contribution is -2.25. The van der Waals surface area contributed by atoms with Crippen molar-refractivity contribution in [3.05, 3.63) is 50.9 Å². The predicted octanol–water partition coefficient (Wildman–Crippen LogP) is 3.72. The van der Waals surface area contributed by atoms with Gasteiger partial charge in [-0.25, -0.2) is 4.98 Å². The monoisotopic (exact) mass is 308 g/mol. The van der Waals surface area contributed by atoms with Crippen molar-refractivity contribution in [2.75, 3.05) is 6.54 Å². The summed E-state index contributed by atoms with van der Waals surface area (Å²) in [5.74, 6) is -0.0955. The van der Waals surface area contributed by atoms with Crippen molar-refractivity contribution in [1.82, 2.24) is 10.3 Å². The van der Waals surface area contributed by atoms with Crippen molar-refractivity contribution in [2.45, 2.75) is 26.2 Å². The number of carbonyl (C=O) groups is 1. The van der Waals surface area contributed by atoms with Crippen LogP contribution in [-0.4, -0.2) is 17.4 Å². The molecule has 2 aromatic heterocycles. The van der Waals surface area contributed by atoms with Gasteiger partial charge in [-0.05, 0) is 47.4 Å². The normalized spacial score (nSPS) is 10.5. The number of rotatable bonds is 6. The maximum atomic E-state index is 12.1. The Balaban J connectivity index is 1.94. The molecule has 2 rings (SSSR count). The number of pyridine rings is 1. The molecule has 0 saturated carbocycles. The van der Waals surface area contributed by atoms with Crippen molar-refractivity contribution in [3.63, 3.8) is 0 Å². The van der Waals surface area contributed by atoms with E-state index in [0.717, 1.165) is 25.0 Å². The molecule has 0 saturated heterocycles. The zero-order chi connectivity index (χ0) is 14.4. The average Bonchev–Trinajstić information content (AvgIpc) is 2.91. The maximum Gasteiger partial charge on any atom is 0.251 e. The first kappa shape index (κ1) is 15.0. The summed E-state index contributed by atoms with van der Waals surface area (Å²) in [6.07, 6.45) is 2.65. The summed E-state index contributed by atoms with van der Waals surface area (Å²) < 4.78 is 0. The Bertz CT molecular complexity index is 569. The Morgan fingerprint density at radius 1 is 1.40 bits per heavy atom. The van der Waals surface area contributed by atoms with Crippen LogP contribution in [0.3, 0.4) is 0 Å². The molecule has 0 aliphatic heterocycles. The Hall–Kier alpha value is -1.39. The van der Waals surface area contributed by atoms with E-state index in [-0.39, 0.29) is 5.91 Å². The second-order valence-electron chi connectivity index (χ2n) is 4.56. The molecule has 0 aromatic carbocycles. The molecule has 0 aliphatic rings. The summed E-state index contributed by atoms with van der Waals surface area (Å²) in [7, 11) is 0. The van der Waals surface area contributed by atoms with Gasteiger partial charge in [0.05, 0.1) is 0 Å². The first-order chi connectivity index (χ1) is 9.69. The number of halogens is 1. The van der Waals surface area contributed by atoms with Crippen LogP contribution < -0.4 is 5.32 Å². The predicted molar refractivity (Wildman–Crippen MR) is 83.6 cm³/mol. The largest absolute Gasteiger partial charge is 0.352 e. The van der Waals surface area contributed by atoms with Crippen molar-refractivity contribution in [1.29, 1.82) is 0 Å². The molecular formula is C15H17ClN2OS. The number of thiophene rings is 1. The van der Waals surface area contributed by atoms with Crippen LogP contribution in [-0.2, 0) is 12.8 Å². The summed E-state index contributed by atoms with van der Waals surface area (Å²) >= 11 is 7.62. The Morgan fingerprint density at radius 3 is 2.95 bits per heavy atom. The molecule has 0 unspecified atom stereocenters. The number of carbonyl (C=O) groups excluding carboxylic acids is 1. The molecule has 0 fully saturated rings. The van der Waals surface area contributed by atoms with Crippen LogP contribution in [0.1, 0.15) is 35.0 Å². The third-order valence-electron chi connectivity index (χ3n) is 2.89. The third-order valence-corrected chi connectivity index (χ3v) is 3.82. The highest BCUT2D eigenvalue weighted by molar-refractivity contribution is 7.07. The number of aromatic nitrogens is 1. The van der Waals surface area contributed by atoms with Gasteiger partial charge in [0.2, 0.25) is 0 Å². The van der Waals surface area contributed by atoms with E-state index in [4.69, 9.17) is 11.6 Å². The van der Waals surface area contributed by atoms with E-state index in [1.54, 1.807) is 17.4 Å². The second kappa shape index (κ2) is 7.41. The van der Waals surface area contributed by atoms with E-state index in [1.165, 1.54) is 5.56 Å². The molecule has 0 bridgehead atoms. The van der Waals surface area contributed by atoms with Gasteiger partial charge in [-0.1, -0.05) is 24.9 Å². The van der Waals surface area contributed by atoms with Crippen LogP contribution >= 0.6 is 22.9 Å². The van der Waals surface area contributed by atoms with Gasteiger partial charge in [-0.3, -0.25) is 4.79 Å². The number of nitrogens with one attached hydrogen (secondary N) is 1. The minimum Gasteiger partial charge on any atom is -0.352 e. The van der Waals surface area contributed by atoms with Crippen molar-refractivity contribution >= 4 is 28.8 Å². The Kier molecular flexibility index (Phi) is 5.56. The quantitative estimate of drug-likeness (QED) is 0.826. The fourth-order valence-corrected chi connectivity index (χ4v) is 2.85. The van der Waals surface area contributed by atoms with Crippen LogP contribution in [0.15, 0.2) is 29.0 Å². The Labute approximate surface area is 128 Å². The zero-order valence-corrected chi connectivity index (χ0v) is 12.9. The van der Waals surface area contributed by atoms with Crippen molar-refractivity contribution in [3.8, 4) is 0 Å². The molecule has 20 heavy (non-hydrogen) atoms. The van der Waals surface area contributed by atoms with Gasteiger partial charge in [-0.15, -0.1) is 0 Å². The SMILES string of the molecule is CCCc1cc(C(=O)NCCc2ccsc2)cc(Cl)n1. The van der Waals surface area contributed by atoms with E-state index in [2.05, 4.69) is 28.7 Å². The highest BCUT2D eigenvalue weighted by Gasteiger charge is 2.08. The van der Waals surface area contributed by atoms with Crippen molar-refractivity contribution < 1.29 is 4.79 Å². The van der Waals surface area contributed by atoms with Crippen LogP contribution in [0.2, 0.25) is 5.15 Å². The summed E-state index contributed by atoms with van der Waals surface area (Å²) in [4.78, 5) is 16.3. The molecule has 106 valence electrons. The van der Waals surface area contributed by atoms with E-state index < -0.39 is 0 Å². The van der Waals surface area contributed by atoms with E-state index in [9.17, 15) is 4.79 Å². The highest BCUT2D eigenvalue weighted by Crippen LogP contribution is 2.12. The molecule has 3 nitrogen and oxygen atoms in total. The lowest BCUT2D eigenvalue weighted by atomic mass is 10.1. The summed E-state index contributed by atoms with van der Waals surface area (Å²) in [6.45, 7) is 2.70. The molecule has 2 heterocycles. The Morgan fingerprint density at radius 2 is 2.25 bits per heavy atom. The number of aryl methyl sites for hydroxylation is 1. The molecular weight excluding hydrogens is 292 g/mol. The van der Waals surface area contributed by atoms with Crippen LogP contribution in [0, 0.1) is 0 Å². The fourth-order valence-electron chi connectivity index (χ4n) is 1.92. The van der Waals surface area contributed by atoms with Gasteiger partial charge >= 0.3 is 0 Å². The van der Waals surface area contributed by atoms with E-state index in [1.807, 2.05) is 11.4 Å². The topological polar surface area (TPSA) is 42.0 Å². The van der Waals surface area contributed by atoms with Gasteiger partial charge in [0.25, 0.3) is 5.91 Å². The number of amides is 1. The maximum absolute atomic E-state index is 12.1. The smallest absolute Gasteiger partial charge is 0.251 e.